The number of nitrogens with zero attached hydrogens (tertiary/aromatic N) is 2. The fourth-order valence-corrected chi connectivity index (χ4v) is 1.77. The van der Waals surface area contributed by atoms with E-state index in [2.05, 4.69) is 20.8 Å². The number of hydrogen-bond donors (Lipinski definition) is 2. The summed E-state index contributed by atoms with van der Waals surface area (Å²) in [5, 5.41) is 14.0. The average molecular weight is 283 g/mol. The van der Waals surface area contributed by atoms with Crippen molar-refractivity contribution < 1.29 is 8.81 Å². The molecule has 1 heterocycles. The van der Waals surface area contributed by atoms with Crippen molar-refractivity contribution in [2.75, 3.05) is 5.32 Å². The monoisotopic (exact) mass is 282 g/mol. The van der Waals surface area contributed by atoms with E-state index >= 15 is 0 Å². The van der Waals surface area contributed by atoms with Crippen LogP contribution < -0.4 is 10.6 Å². The molecule has 0 amide bonds. The number of anilines is 2. The largest absolute Gasteiger partial charge is 0.406 e. The summed E-state index contributed by atoms with van der Waals surface area (Å²) >= 11 is 5.69. The Hall–Kier alpha value is -1.66. The molecule has 0 radical (unpaired) electrons. The van der Waals surface area contributed by atoms with E-state index in [1.807, 2.05) is 0 Å². The van der Waals surface area contributed by atoms with Crippen LogP contribution >= 0.6 is 11.6 Å². The predicted octanol–water partition coefficient (Wildman–Crippen LogP) is 2.86. The molecule has 2 aromatic rings. The predicted molar refractivity (Wildman–Crippen MR) is 68.9 cm³/mol. The maximum atomic E-state index is 13.0. The second-order valence-corrected chi connectivity index (χ2v) is 4.82. The van der Waals surface area contributed by atoms with Crippen molar-refractivity contribution in [2.45, 2.75) is 25.4 Å². The topological polar surface area (TPSA) is 63.0 Å². The molecule has 1 aliphatic rings. The molecule has 2 N–H and O–H groups in total. The van der Waals surface area contributed by atoms with Gasteiger partial charge in [0.2, 0.25) is 5.89 Å². The molecule has 7 heteroatoms. The lowest BCUT2D eigenvalue weighted by Crippen LogP contribution is -2.15. The molecule has 19 heavy (non-hydrogen) atoms. The quantitative estimate of drug-likeness (QED) is 0.883. The lowest BCUT2D eigenvalue weighted by atomic mass is 10.3. The van der Waals surface area contributed by atoms with Crippen molar-refractivity contribution >= 4 is 23.3 Å². The number of halogens is 2. The highest BCUT2D eigenvalue weighted by atomic mass is 35.5. The van der Waals surface area contributed by atoms with Crippen molar-refractivity contribution in [3.05, 3.63) is 34.9 Å². The third-order valence-electron chi connectivity index (χ3n) is 2.76. The smallest absolute Gasteiger partial charge is 0.320 e. The molecule has 1 aromatic heterocycles. The maximum absolute atomic E-state index is 13.0. The SMILES string of the molecule is Fc1ccc(Nc2nnc(CNC3CC3)o2)cc1Cl. The van der Waals surface area contributed by atoms with Gasteiger partial charge in [0, 0.05) is 11.7 Å². The number of rotatable bonds is 5. The van der Waals surface area contributed by atoms with Gasteiger partial charge in [-0.3, -0.25) is 0 Å². The van der Waals surface area contributed by atoms with Gasteiger partial charge in [-0.05, 0) is 31.0 Å². The van der Waals surface area contributed by atoms with E-state index in [9.17, 15) is 4.39 Å². The molecular weight excluding hydrogens is 271 g/mol. The highest BCUT2D eigenvalue weighted by Gasteiger charge is 2.21. The second kappa shape index (κ2) is 5.14. The summed E-state index contributed by atoms with van der Waals surface area (Å²) in [6, 6.07) is 5.13. The van der Waals surface area contributed by atoms with E-state index in [1.165, 1.54) is 25.0 Å². The van der Waals surface area contributed by atoms with Gasteiger partial charge in [-0.15, -0.1) is 5.10 Å². The lowest BCUT2D eigenvalue weighted by molar-refractivity contribution is 0.478. The van der Waals surface area contributed by atoms with E-state index < -0.39 is 5.82 Å². The molecular formula is C12H12ClFN4O. The van der Waals surface area contributed by atoms with Crippen LogP contribution in [0, 0.1) is 5.82 Å². The Morgan fingerprint density at radius 3 is 2.95 bits per heavy atom. The van der Waals surface area contributed by atoms with Crippen molar-refractivity contribution in [2.24, 2.45) is 0 Å². The molecule has 0 spiro atoms. The number of nitrogens with one attached hydrogen (secondary N) is 2. The minimum atomic E-state index is -0.466. The summed E-state index contributed by atoms with van der Waals surface area (Å²) < 4.78 is 18.4. The summed E-state index contributed by atoms with van der Waals surface area (Å²) in [7, 11) is 0. The zero-order chi connectivity index (χ0) is 13.2. The minimum Gasteiger partial charge on any atom is -0.406 e. The van der Waals surface area contributed by atoms with Crippen molar-refractivity contribution in [1.29, 1.82) is 0 Å². The summed E-state index contributed by atoms with van der Waals surface area (Å²) in [4.78, 5) is 0. The third kappa shape index (κ3) is 3.21. The first-order chi connectivity index (χ1) is 9.20. The molecule has 1 aromatic carbocycles. The van der Waals surface area contributed by atoms with Gasteiger partial charge in [-0.25, -0.2) is 4.39 Å². The highest BCUT2D eigenvalue weighted by Crippen LogP contribution is 2.22. The maximum Gasteiger partial charge on any atom is 0.320 e. The van der Waals surface area contributed by atoms with Crippen LogP contribution in [0.1, 0.15) is 18.7 Å². The Bertz CT molecular complexity index is 585. The van der Waals surface area contributed by atoms with E-state index in [0.29, 0.717) is 24.2 Å². The summed E-state index contributed by atoms with van der Waals surface area (Å²) in [6.45, 7) is 0.559. The summed E-state index contributed by atoms with van der Waals surface area (Å²) in [6.07, 6.45) is 2.40. The molecule has 0 saturated heterocycles. The summed E-state index contributed by atoms with van der Waals surface area (Å²) in [5.74, 6) is 0.0506. The van der Waals surface area contributed by atoms with Crippen LogP contribution in [0.3, 0.4) is 0 Å². The Labute approximate surface area is 114 Å². The van der Waals surface area contributed by atoms with Crippen LogP contribution in [0.4, 0.5) is 16.1 Å². The lowest BCUT2D eigenvalue weighted by Gasteiger charge is -2.02. The van der Waals surface area contributed by atoms with Gasteiger partial charge >= 0.3 is 6.01 Å². The molecule has 0 bridgehead atoms. The van der Waals surface area contributed by atoms with Crippen LogP contribution in [0.25, 0.3) is 0 Å². The van der Waals surface area contributed by atoms with E-state index in [4.69, 9.17) is 16.0 Å². The summed E-state index contributed by atoms with van der Waals surface area (Å²) in [5.41, 5.74) is 0.594. The molecule has 1 aliphatic carbocycles. The molecule has 100 valence electrons. The van der Waals surface area contributed by atoms with Crippen LogP contribution in [0.5, 0.6) is 0 Å². The zero-order valence-corrected chi connectivity index (χ0v) is 10.7. The Morgan fingerprint density at radius 2 is 2.21 bits per heavy atom. The second-order valence-electron chi connectivity index (χ2n) is 4.41. The molecule has 0 atom stereocenters. The van der Waals surface area contributed by atoms with Crippen LogP contribution in [-0.2, 0) is 6.54 Å². The molecule has 3 rings (SSSR count). The molecule has 5 nitrogen and oxygen atoms in total. The number of hydrogen-bond acceptors (Lipinski definition) is 5. The number of benzene rings is 1. The van der Waals surface area contributed by atoms with Gasteiger partial charge in [-0.1, -0.05) is 16.7 Å². The molecule has 1 saturated carbocycles. The number of aromatic nitrogens is 2. The average Bonchev–Trinajstić information content (AvgIpc) is 3.12. The Balaban J connectivity index is 1.63. The fraction of sp³-hybridized carbons (Fsp3) is 0.333. The first-order valence-corrected chi connectivity index (χ1v) is 6.36. The standard InChI is InChI=1S/C12H12ClFN4O/c13-9-5-8(3-4-10(9)14)16-12-18-17-11(19-12)6-15-7-1-2-7/h3-5,7,15H,1-2,6H2,(H,16,18). The Kier molecular flexibility index (Phi) is 3.35. The van der Waals surface area contributed by atoms with Crippen LogP contribution in [0.2, 0.25) is 5.02 Å². The van der Waals surface area contributed by atoms with Crippen LogP contribution in [0.15, 0.2) is 22.6 Å². The van der Waals surface area contributed by atoms with E-state index in [-0.39, 0.29) is 11.0 Å². The fourth-order valence-electron chi connectivity index (χ4n) is 1.59. The van der Waals surface area contributed by atoms with E-state index in [0.717, 1.165) is 0 Å². The van der Waals surface area contributed by atoms with Gasteiger partial charge in [0.15, 0.2) is 0 Å². The Morgan fingerprint density at radius 1 is 1.37 bits per heavy atom. The van der Waals surface area contributed by atoms with Crippen molar-refractivity contribution in [1.82, 2.24) is 15.5 Å². The van der Waals surface area contributed by atoms with Crippen molar-refractivity contribution in [3.63, 3.8) is 0 Å². The normalized spacial score (nSPS) is 14.6. The van der Waals surface area contributed by atoms with Gasteiger partial charge in [0.05, 0.1) is 11.6 Å². The highest BCUT2D eigenvalue weighted by molar-refractivity contribution is 6.31. The van der Waals surface area contributed by atoms with Crippen molar-refractivity contribution in [3.8, 4) is 0 Å². The van der Waals surface area contributed by atoms with Gasteiger partial charge in [0.1, 0.15) is 5.82 Å². The van der Waals surface area contributed by atoms with Crippen LogP contribution in [-0.4, -0.2) is 16.2 Å². The first kappa shape index (κ1) is 12.4. The third-order valence-corrected chi connectivity index (χ3v) is 3.05. The minimum absolute atomic E-state index is 0.0418. The molecule has 0 aliphatic heterocycles. The molecule has 0 unspecified atom stereocenters. The van der Waals surface area contributed by atoms with Gasteiger partial charge < -0.3 is 15.1 Å². The zero-order valence-electron chi connectivity index (χ0n) is 9.99. The van der Waals surface area contributed by atoms with Gasteiger partial charge in [-0.2, -0.15) is 0 Å². The first-order valence-electron chi connectivity index (χ1n) is 5.98. The van der Waals surface area contributed by atoms with Gasteiger partial charge in [0.25, 0.3) is 0 Å². The van der Waals surface area contributed by atoms with E-state index in [1.54, 1.807) is 6.07 Å². The molecule has 1 fully saturated rings.